The first kappa shape index (κ1) is 21.5. The predicted octanol–water partition coefficient (Wildman–Crippen LogP) is 4.17. The van der Waals surface area contributed by atoms with Crippen molar-refractivity contribution in [1.82, 2.24) is 9.55 Å². The minimum absolute atomic E-state index is 0.0515. The van der Waals surface area contributed by atoms with Gasteiger partial charge in [0.2, 0.25) is 5.91 Å². The highest BCUT2D eigenvalue weighted by Gasteiger charge is 2.21. The summed E-state index contributed by atoms with van der Waals surface area (Å²) in [4.78, 5) is 42.3. The number of nitrogens with one attached hydrogen (secondary N) is 1. The molecular formula is C23H23N3O3S2. The topological polar surface area (TPSA) is 81.1 Å². The van der Waals surface area contributed by atoms with Crippen molar-refractivity contribution >= 4 is 40.5 Å². The standard InChI is InChI=1S/C23H23N3O3S2/c1-15(27)16-6-4-7-17(12-16)24-21(28)14-31-22-19-9-2-3-10-20(19)26(23(29)25-22)13-18-8-5-11-30-18/h4-8,11-12H,2-3,9-10,13-14H2,1H3,(H,24,28). The maximum atomic E-state index is 12.8. The number of ketones is 1. The van der Waals surface area contributed by atoms with Gasteiger partial charge in [-0.3, -0.25) is 14.2 Å². The average Bonchev–Trinajstić information content (AvgIpc) is 3.28. The number of rotatable bonds is 7. The third kappa shape index (κ3) is 5.14. The van der Waals surface area contributed by atoms with E-state index in [2.05, 4.69) is 10.3 Å². The molecule has 1 aromatic carbocycles. The van der Waals surface area contributed by atoms with E-state index in [1.54, 1.807) is 40.2 Å². The number of Topliss-reactive ketones (excluding diaryl/α,β-unsaturated/α-hetero) is 1. The number of carbonyl (C=O) groups excluding carboxylic acids is 2. The van der Waals surface area contributed by atoms with Crippen molar-refractivity contribution in [2.45, 2.75) is 44.2 Å². The fourth-order valence-electron chi connectivity index (χ4n) is 3.74. The molecule has 2 aromatic heterocycles. The van der Waals surface area contributed by atoms with Gasteiger partial charge in [-0.25, -0.2) is 4.79 Å². The zero-order valence-corrected chi connectivity index (χ0v) is 18.9. The van der Waals surface area contributed by atoms with Crippen molar-refractivity contribution in [1.29, 1.82) is 0 Å². The molecule has 1 amide bonds. The monoisotopic (exact) mass is 453 g/mol. The highest BCUT2D eigenvalue weighted by atomic mass is 32.2. The highest BCUT2D eigenvalue weighted by Crippen LogP contribution is 2.29. The lowest BCUT2D eigenvalue weighted by Gasteiger charge is -2.22. The number of fused-ring (bicyclic) bond motifs is 1. The van der Waals surface area contributed by atoms with E-state index in [-0.39, 0.29) is 23.1 Å². The number of thioether (sulfide) groups is 1. The third-order valence-corrected chi connectivity index (χ3v) is 7.12. The van der Waals surface area contributed by atoms with E-state index in [0.717, 1.165) is 41.8 Å². The molecular weight excluding hydrogens is 430 g/mol. The Morgan fingerprint density at radius 3 is 2.81 bits per heavy atom. The number of benzene rings is 1. The number of thiophene rings is 1. The van der Waals surface area contributed by atoms with Crippen LogP contribution in [0, 0.1) is 0 Å². The average molecular weight is 454 g/mol. The number of hydrogen-bond donors (Lipinski definition) is 1. The molecule has 0 spiro atoms. The van der Waals surface area contributed by atoms with E-state index in [0.29, 0.717) is 22.8 Å². The van der Waals surface area contributed by atoms with E-state index in [1.807, 2.05) is 17.5 Å². The maximum absolute atomic E-state index is 12.8. The van der Waals surface area contributed by atoms with Crippen molar-refractivity contribution in [3.05, 3.63) is 74.0 Å². The Labute approximate surface area is 188 Å². The second kappa shape index (κ2) is 9.62. The van der Waals surface area contributed by atoms with Crippen molar-refractivity contribution in [3.8, 4) is 0 Å². The van der Waals surface area contributed by atoms with E-state index in [1.165, 1.54) is 18.7 Å². The van der Waals surface area contributed by atoms with Crippen molar-refractivity contribution in [2.75, 3.05) is 11.1 Å². The molecule has 0 aliphatic heterocycles. The zero-order valence-electron chi connectivity index (χ0n) is 17.2. The summed E-state index contributed by atoms with van der Waals surface area (Å²) in [6.07, 6.45) is 3.84. The molecule has 0 radical (unpaired) electrons. The quantitative estimate of drug-likeness (QED) is 0.330. The van der Waals surface area contributed by atoms with E-state index < -0.39 is 0 Å². The third-order valence-electron chi connectivity index (χ3n) is 5.24. The van der Waals surface area contributed by atoms with Gasteiger partial charge < -0.3 is 5.32 Å². The van der Waals surface area contributed by atoms with Gasteiger partial charge in [0.25, 0.3) is 0 Å². The summed E-state index contributed by atoms with van der Waals surface area (Å²) in [5.74, 6) is -0.0952. The van der Waals surface area contributed by atoms with Gasteiger partial charge in [0.15, 0.2) is 5.78 Å². The summed E-state index contributed by atoms with van der Waals surface area (Å²) in [6, 6.07) is 10.9. The number of amides is 1. The first-order chi connectivity index (χ1) is 15.0. The largest absolute Gasteiger partial charge is 0.349 e. The van der Waals surface area contributed by atoms with Gasteiger partial charge in [-0.15, -0.1) is 11.3 Å². The van der Waals surface area contributed by atoms with Crippen molar-refractivity contribution < 1.29 is 9.59 Å². The number of nitrogens with zero attached hydrogens (tertiary/aromatic N) is 2. The summed E-state index contributed by atoms with van der Waals surface area (Å²) >= 11 is 2.94. The maximum Gasteiger partial charge on any atom is 0.349 e. The molecule has 0 fully saturated rings. The van der Waals surface area contributed by atoms with Gasteiger partial charge in [-0.2, -0.15) is 4.98 Å². The molecule has 8 heteroatoms. The minimum atomic E-state index is -0.258. The van der Waals surface area contributed by atoms with E-state index in [9.17, 15) is 14.4 Å². The number of carbonyl (C=O) groups is 2. The lowest BCUT2D eigenvalue weighted by Crippen LogP contribution is -2.30. The Morgan fingerprint density at radius 2 is 2.03 bits per heavy atom. The molecule has 6 nitrogen and oxygen atoms in total. The number of aromatic nitrogens is 2. The Hall–Kier alpha value is -2.71. The fraction of sp³-hybridized carbons (Fsp3) is 0.304. The molecule has 3 aromatic rings. The fourth-order valence-corrected chi connectivity index (χ4v) is 5.30. The predicted molar refractivity (Wildman–Crippen MR) is 124 cm³/mol. The van der Waals surface area contributed by atoms with Crippen LogP contribution in [0.15, 0.2) is 51.6 Å². The molecule has 4 rings (SSSR count). The van der Waals surface area contributed by atoms with Crippen LogP contribution >= 0.6 is 23.1 Å². The lowest BCUT2D eigenvalue weighted by molar-refractivity contribution is -0.113. The molecule has 0 bridgehead atoms. The Kier molecular flexibility index (Phi) is 6.67. The van der Waals surface area contributed by atoms with Crippen LogP contribution < -0.4 is 11.0 Å². The minimum Gasteiger partial charge on any atom is -0.325 e. The van der Waals surface area contributed by atoms with Gasteiger partial charge in [0.05, 0.1) is 12.3 Å². The van der Waals surface area contributed by atoms with Crippen LogP contribution in [-0.2, 0) is 24.2 Å². The second-order valence-corrected chi connectivity index (χ2v) is 9.47. The zero-order chi connectivity index (χ0) is 21.8. The van der Waals surface area contributed by atoms with Crippen LogP contribution in [0.5, 0.6) is 0 Å². The Bertz CT molecular complexity index is 1170. The van der Waals surface area contributed by atoms with Crippen molar-refractivity contribution in [2.24, 2.45) is 0 Å². The molecule has 1 N–H and O–H groups in total. The van der Waals surface area contributed by atoms with Crippen molar-refractivity contribution in [3.63, 3.8) is 0 Å². The smallest absolute Gasteiger partial charge is 0.325 e. The molecule has 160 valence electrons. The Morgan fingerprint density at radius 1 is 1.19 bits per heavy atom. The summed E-state index contributed by atoms with van der Waals surface area (Å²) < 4.78 is 1.79. The number of hydrogen-bond acceptors (Lipinski definition) is 6. The normalized spacial score (nSPS) is 12.9. The summed E-state index contributed by atoms with van der Waals surface area (Å²) in [7, 11) is 0. The van der Waals surface area contributed by atoms with Gasteiger partial charge in [-0.1, -0.05) is 30.0 Å². The molecule has 0 unspecified atom stereocenters. The summed E-state index contributed by atoms with van der Waals surface area (Å²) in [5, 5.41) is 5.49. The number of anilines is 1. The molecule has 1 aliphatic rings. The summed E-state index contributed by atoms with van der Waals surface area (Å²) in [5.41, 5.74) is 3.02. The van der Waals surface area contributed by atoms with Gasteiger partial charge in [0, 0.05) is 27.4 Å². The first-order valence-electron chi connectivity index (χ1n) is 10.2. The van der Waals surface area contributed by atoms with Crippen LogP contribution in [0.1, 0.15) is 46.3 Å². The van der Waals surface area contributed by atoms with E-state index in [4.69, 9.17) is 0 Å². The van der Waals surface area contributed by atoms with E-state index >= 15 is 0 Å². The van der Waals surface area contributed by atoms with Gasteiger partial charge in [-0.05, 0) is 56.2 Å². The van der Waals surface area contributed by atoms with Crippen LogP contribution in [-0.4, -0.2) is 27.0 Å². The van der Waals surface area contributed by atoms with Crippen LogP contribution in [0.2, 0.25) is 0 Å². The lowest BCUT2D eigenvalue weighted by atomic mass is 9.97. The first-order valence-corrected chi connectivity index (χ1v) is 12.1. The van der Waals surface area contributed by atoms with Gasteiger partial charge >= 0.3 is 5.69 Å². The van der Waals surface area contributed by atoms with Crippen LogP contribution in [0.4, 0.5) is 5.69 Å². The molecule has 2 heterocycles. The molecule has 0 atom stereocenters. The molecule has 31 heavy (non-hydrogen) atoms. The SMILES string of the molecule is CC(=O)c1cccc(NC(=O)CSc2nc(=O)n(Cc3cccs3)c3c2CCCC3)c1. The summed E-state index contributed by atoms with van der Waals surface area (Å²) in [6.45, 7) is 2.04. The highest BCUT2D eigenvalue weighted by molar-refractivity contribution is 8.00. The molecule has 0 saturated carbocycles. The molecule has 1 aliphatic carbocycles. The van der Waals surface area contributed by atoms with Crippen LogP contribution in [0.3, 0.4) is 0 Å². The van der Waals surface area contributed by atoms with Crippen LogP contribution in [0.25, 0.3) is 0 Å². The van der Waals surface area contributed by atoms with Gasteiger partial charge in [0.1, 0.15) is 5.03 Å². The Balaban J connectivity index is 1.50. The second-order valence-electron chi connectivity index (χ2n) is 7.47. The molecule has 0 saturated heterocycles.